The van der Waals surface area contributed by atoms with Gasteiger partial charge in [-0.25, -0.2) is 0 Å². The zero-order valence-corrected chi connectivity index (χ0v) is 18.3. The minimum Gasteiger partial charge on any atom is -0.492 e. The van der Waals surface area contributed by atoms with Gasteiger partial charge < -0.3 is 15.0 Å². The van der Waals surface area contributed by atoms with Crippen molar-refractivity contribution in [3.8, 4) is 0 Å². The van der Waals surface area contributed by atoms with Crippen LogP contribution >= 0.6 is 23.4 Å². The summed E-state index contributed by atoms with van der Waals surface area (Å²) in [6.07, 6.45) is 9.90. The predicted molar refractivity (Wildman–Crippen MR) is 117 cm³/mol. The van der Waals surface area contributed by atoms with Gasteiger partial charge in [-0.2, -0.15) is 4.79 Å². The standard InChI is InChI=1S/C22H29ClN2O2S/c1-3-5-7-13-26-20-16-22(28-18-11-9-17(23)10-12-18)21(15-19(20)25-24)27-14-8-6-4-2/h9-12,15-16,20H,3-8,13-14H2,1-2H3. The van der Waals surface area contributed by atoms with Crippen molar-refractivity contribution >= 4 is 29.1 Å². The van der Waals surface area contributed by atoms with Crippen LogP contribution in [-0.4, -0.2) is 29.8 Å². The largest absolute Gasteiger partial charge is 0.492 e. The summed E-state index contributed by atoms with van der Waals surface area (Å²) in [5, 5.41) is 0.709. The summed E-state index contributed by atoms with van der Waals surface area (Å²) in [6.45, 7) is 5.60. The lowest BCUT2D eigenvalue weighted by molar-refractivity contribution is -0.0233. The fraction of sp³-hybridized carbons (Fsp3) is 0.500. The zero-order chi connectivity index (χ0) is 20.2. The van der Waals surface area contributed by atoms with Crippen molar-refractivity contribution in [1.82, 2.24) is 0 Å². The highest BCUT2D eigenvalue weighted by Crippen LogP contribution is 2.36. The second-order valence-electron chi connectivity index (χ2n) is 6.67. The number of hydrogen-bond acceptors (Lipinski definition) is 3. The second-order valence-corrected chi connectivity index (χ2v) is 8.23. The fourth-order valence-corrected chi connectivity index (χ4v) is 3.80. The van der Waals surface area contributed by atoms with E-state index in [0.717, 1.165) is 54.1 Å². The molecule has 2 rings (SSSR count). The molecule has 1 aromatic carbocycles. The third kappa shape index (κ3) is 7.48. The third-order valence-electron chi connectivity index (χ3n) is 4.32. The number of thioether (sulfide) groups is 1. The van der Waals surface area contributed by atoms with Gasteiger partial charge in [0.2, 0.25) is 0 Å². The van der Waals surface area contributed by atoms with Gasteiger partial charge in [-0.1, -0.05) is 62.9 Å². The average molecular weight is 421 g/mol. The van der Waals surface area contributed by atoms with Gasteiger partial charge in [0.05, 0.1) is 17.6 Å². The summed E-state index contributed by atoms with van der Waals surface area (Å²) in [6, 6.07) is 7.71. The predicted octanol–water partition coefficient (Wildman–Crippen LogP) is 6.67. The van der Waals surface area contributed by atoms with Gasteiger partial charge in [-0.05, 0) is 43.2 Å². The molecule has 0 aliphatic heterocycles. The van der Waals surface area contributed by atoms with Crippen molar-refractivity contribution in [1.29, 1.82) is 0 Å². The van der Waals surface area contributed by atoms with Crippen LogP contribution in [0.4, 0.5) is 0 Å². The monoisotopic (exact) mass is 420 g/mol. The summed E-state index contributed by atoms with van der Waals surface area (Å²) >= 11 is 7.60. The van der Waals surface area contributed by atoms with Crippen molar-refractivity contribution in [3.05, 3.63) is 57.6 Å². The lowest BCUT2D eigenvalue weighted by Crippen LogP contribution is -2.26. The molecule has 4 nitrogen and oxygen atoms in total. The molecule has 1 unspecified atom stereocenters. The molecule has 0 bridgehead atoms. The Hall–Kier alpha value is -1.52. The highest BCUT2D eigenvalue weighted by atomic mass is 35.5. The van der Waals surface area contributed by atoms with E-state index >= 15 is 0 Å². The summed E-state index contributed by atoms with van der Waals surface area (Å²) in [5.41, 5.74) is 9.93. The molecule has 0 fully saturated rings. The SMILES string of the molecule is CCCCCOC1=CC(=[N+]=[N-])C(OCCCCC)C=C1Sc1ccc(Cl)cc1. The first-order chi connectivity index (χ1) is 13.7. The molecule has 1 aliphatic rings. The molecule has 6 heteroatoms. The van der Waals surface area contributed by atoms with E-state index in [4.69, 9.17) is 21.1 Å². The van der Waals surface area contributed by atoms with Crippen molar-refractivity contribution < 1.29 is 14.3 Å². The van der Waals surface area contributed by atoms with Crippen LogP contribution in [0.5, 0.6) is 0 Å². The molecule has 1 aromatic rings. The van der Waals surface area contributed by atoms with E-state index in [1.807, 2.05) is 30.3 Å². The van der Waals surface area contributed by atoms with Crippen molar-refractivity contribution in [3.63, 3.8) is 0 Å². The van der Waals surface area contributed by atoms with Gasteiger partial charge in [0.25, 0.3) is 0 Å². The van der Waals surface area contributed by atoms with E-state index in [1.54, 1.807) is 17.8 Å². The Morgan fingerprint density at radius 1 is 1.04 bits per heavy atom. The number of hydrogen-bond donors (Lipinski definition) is 0. The van der Waals surface area contributed by atoms with Gasteiger partial charge in [0.15, 0.2) is 6.10 Å². The third-order valence-corrected chi connectivity index (χ3v) is 5.64. The van der Waals surface area contributed by atoms with Crippen LogP contribution in [0.2, 0.25) is 5.02 Å². The lowest BCUT2D eigenvalue weighted by Gasteiger charge is -2.20. The Morgan fingerprint density at radius 3 is 2.36 bits per heavy atom. The first kappa shape index (κ1) is 22.8. The summed E-state index contributed by atoms with van der Waals surface area (Å²) < 4.78 is 12.0. The first-order valence-corrected chi connectivity index (χ1v) is 11.2. The van der Waals surface area contributed by atoms with Gasteiger partial charge in [-0.3, -0.25) is 0 Å². The maximum absolute atomic E-state index is 9.46. The molecule has 152 valence electrons. The number of benzene rings is 1. The topological polar surface area (TPSA) is 54.9 Å². The summed E-state index contributed by atoms with van der Waals surface area (Å²) in [7, 11) is 0. The zero-order valence-electron chi connectivity index (χ0n) is 16.7. The molecule has 0 saturated carbocycles. The van der Waals surface area contributed by atoms with Crippen LogP contribution in [0.3, 0.4) is 0 Å². The highest BCUT2D eigenvalue weighted by Gasteiger charge is 2.29. The van der Waals surface area contributed by atoms with E-state index in [2.05, 4.69) is 18.6 Å². The molecule has 0 saturated heterocycles. The second kappa shape index (κ2) is 12.8. The molecule has 0 radical (unpaired) electrons. The van der Waals surface area contributed by atoms with Gasteiger partial charge in [0, 0.05) is 16.5 Å². The Labute approximate surface area is 177 Å². The van der Waals surface area contributed by atoms with Crippen LogP contribution in [0.25, 0.3) is 5.53 Å². The molecule has 0 N–H and O–H groups in total. The van der Waals surface area contributed by atoms with Gasteiger partial charge in [0.1, 0.15) is 5.76 Å². The Bertz CT molecular complexity index is 725. The number of ether oxygens (including phenoxy) is 2. The van der Waals surface area contributed by atoms with E-state index in [1.165, 1.54) is 0 Å². The lowest BCUT2D eigenvalue weighted by atomic mass is 10.1. The van der Waals surface area contributed by atoms with Gasteiger partial charge in [-0.15, -0.1) is 0 Å². The Morgan fingerprint density at radius 2 is 1.71 bits per heavy atom. The summed E-state index contributed by atoms with van der Waals surface area (Å²) in [5.74, 6) is 0.720. The van der Waals surface area contributed by atoms with Crippen molar-refractivity contribution in [2.75, 3.05) is 13.2 Å². The minimum atomic E-state index is -0.375. The van der Waals surface area contributed by atoms with Crippen LogP contribution in [0.1, 0.15) is 52.4 Å². The maximum Gasteiger partial charge on any atom is 0.328 e. The summed E-state index contributed by atoms with van der Waals surface area (Å²) in [4.78, 5) is 5.47. The number of nitrogens with zero attached hydrogens (tertiary/aromatic N) is 2. The van der Waals surface area contributed by atoms with Crippen molar-refractivity contribution in [2.45, 2.75) is 63.4 Å². The molecular formula is C22H29ClN2O2S. The molecule has 0 amide bonds. The average Bonchev–Trinajstić information content (AvgIpc) is 2.71. The number of unbranched alkanes of at least 4 members (excludes halogenated alkanes) is 4. The molecule has 1 aliphatic carbocycles. The highest BCUT2D eigenvalue weighted by molar-refractivity contribution is 8.03. The fourth-order valence-electron chi connectivity index (χ4n) is 2.74. The Kier molecular flexibility index (Phi) is 10.4. The van der Waals surface area contributed by atoms with Gasteiger partial charge >= 0.3 is 5.71 Å². The molecule has 0 heterocycles. The molecule has 0 aromatic heterocycles. The number of halogens is 1. The molecule has 28 heavy (non-hydrogen) atoms. The minimum absolute atomic E-state index is 0.375. The van der Waals surface area contributed by atoms with Crippen LogP contribution < -0.4 is 0 Å². The number of rotatable bonds is 12. The van der Waals surface area contributed by atoms with Crippen LogP contribution in [0.15, 0.2) is 52.0 Å². The molecular weight excluding hydrogens is 392 g/mol. The first-order valence-electron chi connectivity index (χ1n) is 10.0. The molecule has 0 spiro atoms. The van der Waals surface area contributed by atoms with Crippen LogP contribution in [0, 0.1) is 0 Å². The maximum atomic E-state index is 9.46. The van der Waals surface area contributed by atoms with E-state index in [9.17, 15) is 5.53 Å². The molecule has 1 atom stereocenters. The van der Waals surface area contributed by atoms with E-state index in [-0.39, 0.29) is 6.10 Å². The van der Waals surface area contributed by atoms with E-state index in [0.29, 0.717) is 23.9 Å². The normalized spacial score (nSPS) is 16.4. The van der Waals surface area contributed by atoms with Crippen LogP contribution in [-0.2, 0) is 9.47 Å². The van der Waals surface area contributed by atoms with E-state index < -0.39 is 0 Å². The quantitative estimate of drug-likeness (QED) is 0.215. The van der Waals surface area contributed by atoms with Crippen molar-refractivity contribution in [2.24, 2.45) is 0 Å². The Balaban J connectivity index is 2.15. The smallest absolute Gasteiger partial charge is 0.328 e.